The number of nitrogens with one attached hydrogen (secondary N) is 1. The standard InChI is InChI=1S/C11H20N2/c1-13(11-6-7-12-8-11)9-10-4-2-3-5-10/h4,11-12H,2-3,5-9H2,1H3. The summed E-state index contributed by atoms with van der Waals surface area (Å²) in [6, 6.07) is 0.779. The van der Waals surface area contributed by atoms with Crippen molar-refractivity contribution in [2.45, 2.75) is 31.7 Å². The number of hydrogen-bond acceptors (Lipinski definition) is 2. The molecule has 1 aliphatic heterocycles. The first-order chi connectivity index (χ1) is 6.36. The number of nitrogens with zero attached hydrogens (tertiary/aromatic N) is 1. The lowest BCUT2D eigenvalue weighted by Crippen LogP contribution is -2.34. The Morgan fingerprint density at radius 1 is 1.62 bits per heavy atom. The molecule has 0 aromatic rings. The van der Waals surface area contributed by atoms with Crippen LogP contribution in [0.4, 0.5) is 0 Å². The van der Waals surface area contributed by atoms with Gasteiger partial charge in [0.15, 0.2) is 0 Å². The third kappa shape index (κ3) is 2.32. The summed E-state index contributed by atoms with van der Waals surface area (Å²) < 4.78 is 0. The van der Waals surface area contributed by atoms with Crippen LogP contribution in [-0.2, 0) is 0 Å². The zero-order chi connectivity index (χ0) is 9.10. The fraction of sp³-hybridized carbons (Fsp3) is 0.818. The van der Waals surface area contributed by atoms with E-state index in [0.29, 0.717) is 0 Å². The highest BCUT2D eigenvalue weighted by atomic mass is 15.2. The Balaban J connectivity index is 1.79. The van der Waals surface area contributed by atoms with Gasteiger partial charge < -0.3 is 5.32 Å². The number of likely N-dealkylation sites (N-methyl/N-ethyl adjacent to an activating group) is 1. The first-order valence-corrected chi connectivity index (χ1v) is 5.45. The molecule has 2 heteroatoms. The van der Waals surface area contributed by atoms with Gasteiger partial charge in [-0.05, 0) is 39.3 Å². The van der Waals surface area contributed by atoms with E-state index in [-0.39, 0.29) is 0 Å². The van der Waals surface area contributed by atoms with Crippen LogP contribution in [0.3, 0.4) is 0 Å². The van der Waals surface area contributed by atoms with Crippen LogP contribution in [0.25, 0.3) is 0 Å². The van der Waals surface area contributed by atoms with Gasteiger partial charge in [0.25, 0.3) is 0 Å². The van der Waals surface area contributed by atoms with E-state index in [2.05, 4.69) is 23.3 Å². The molecule has 0 aromatic heterocycles. The van der Waals surface area contributed by atoms with Crippen LogP contribution < -0.4 is 5.32 Å². The van der Waals surface area contributed by atoms with Crippen LogP contribution in [0.15, 0.2) is 11.6 Å². The van der Waals surface area contributed by atoms with Gasteiger partial charge in [-0.2, -0.15) is 0 Å². The van der Waals surface area contributed by atoms with Gasteiger partial charge in [-0.15, -0.1) is 0 Å². The maximum atomic E-state index is 3.42. The smallest absolute Gasteiger partial charge is 0.0233 e. The second-order valence-electron chi connectivity index (χ2n) is 4.32. The fourth-order valence-electron chi connectivity index (χ4n) is 2.35. The molecule has 1 fully saturated rings. The van der Waals surface area contributed by atoms with E-state index in [1.807, 2.05) is 0 Å². The van der Waals surface area contributed by atoms with E-state index in [1.54, 1.807) is 5.57 Å². The van der Waals surface area contributed by atoms with Crippen molar-refractivity contribution in [2.24, 2.45) is 0 Å². The molecule has 1 unspecified atom stereocenters. The molecule has 1 saturated heterocycles. The Bertz CT molecular complexity index is 192. The SMILES string of the molecule is CN(CC1=CCCC1)C1CCNC1. The van der Waals surface area contributed by atoms with Gasteiger partial charge in [0.2, 0.25) is 0 Å². The number of rotatable bonds is 3. The molecular formula is C11H20N2. The lowest BCUT2D eigenvalue weighted by Gasteiger charge is -2.23. The molecule has 1 N–H and O–H groups in total. The first-order valence-electron chi connectivity index (χ1n) is 5.45. The first kappa shape index (κ1) is 9.22. The Morgan fingerprint density at radius 3 is 3.15 bits per heavy atom. The second kappa shape index (κ2) is 4.25. The number of hydrogen-bond donors (Lipinski definition) is 1. The third-order valence-electron chi connectivity index (χ3n) is 3.25. The summed E-state index contributed by atoms with van der Waals surface area (Å²) in [5.74, 6) is 0. The van der Waals surface area contributed by atoms with Gasteiger partial charge in [0.1, 0.15) is 0 Å². The van der Waals surface area contributed by atoms with Crippen molar-refractivity contribution in [1.29, 1.82) is 0 Å². The average molecular weight is 180 g/mol. The lowest BCUT2D eigenvalue weighted by molar-refractivity contribution is 0.276. The van der Waals surface area contributed by atoms with E-state index in [9.17, 15) is 0 Å². The van der Waals surface area contributed by atoms with Gasteiger partial charge in [0.05, 0.1) is 0 Å². The Labute approximate surface area is 81.0 Å². The van der Waals surface area contributed by atoms with Gasteiger partial charge in [-0.3, -0.25) is 4.90 Å². The van der Waals surface area contributed by atoms with Crippen LogP contribution in [0.5, 0.6) is 0 Å². The highest BCUT2D eigenvalue weighted by Crippen LogP contribution is 2.19. The molecule has 0 radical (unpaired) electrons. The van der Waals surface area contributed by atoms with Crippen molar-refractivity contribution in [2.75, 3.05) is 26.7 Å². The normalized spacial score (nSPS) is 28.5. The summed E-state index contributed by atoms with van der Waals surface area (Å²) in [7, 11) is 2.26. The molecule has 1 aliphatic carbocycles. The van der Waals surface area contributed by atoms with Gasteiger partial charge in [-0.1, -0.05) is 11.6 Å². The molecule has 1 heterocycles. The minimum Gasteiger partial charge on any atom is -0.315 e. The van der Waals surface area contributed by atoms with Crippen molar-refractivity contribution in [1.82, 2.24) is 10.2 Å². The second-order valence-corrected chi connectivity index (χ2v) is 4.32. The van der Waals surface area contributed by atoms with E-state index >= 15 is 0 Å². The Kier molecular flexibility index (Phi) is 3.01. The largest absolute Gasteiger partial charge is 0.315 e. The fourth-order valence-corrected chi connectivity index (χ4v) is 2.35. The van der Waals surface area contributed by atoms with Crippen molar-refractivity contribution < 1.29 is 0 Å². The summed E-state index contributed by atoms with van der Waals surface area (Å²) >= 11 is 0. The highest BCUT2D eigenvalue weighted by molar-refractivity contribution is 5.09. The molecule has 0 aromatic carbocycles. The maximum Gasteiger partial charge on any atom is 0.0233 e. The molecule has 74 valence electrons. The highest BCUT2D eigenvalue weighted by Gasteiger charge is 2.19. The molecule has 0 bridgehead atoms. The zero-order valence-corrected chi connectivity index (χ0v) is 8.55. The van der Waals surface area contributed by atoms with E-state index in [0.717, 1.165) is 6.04 Å². The summed E-state index contributed by atoms with van der Waals surface area (Å²) in [5.41, 5.74) is 1.66. The van der Waals surface area contributed by atoms with Crippen LogP contribution in [-0.4, -0.2) is 37.6 Å². The van der Waals surface area contributed by atoms with Crippen molar-refractivity contribution in [3.05, 3.63) is 11.6 Å². The van der Waals surface area contributed by atoms with Crippen LogP contribution in [0.1, 0.15) is 25.7 Å². The van der Waals surface area contributed by atoms with E-state index < -0.39 is 0 Å². The lowest BCUT2D eigenvalue weighted by atomic mass is 10.2. The van der Waals surface area contributed by atoms with Gasteiger partial charge >= 0.3 is 0 Å². The van der Waals surface area contributed by atoms with Gasteiger partial charge in [0, 0.05) is 19.1 Å². The molecule has 2 aliphatic rings. The molecule has 1 atom stereocenters. The number of allylic oxidation sites excluding steroid dienone is 1. The molecule has 13 heavy (non-hydrogen) atoms. The Morgan fingerprint density at radius 2 is 2.54 bits per heavy atom. The Hall–Kier alpha value is -0.340. The predicted octanol–water partition coefficient (Wildman–Crippen LogP) is 1.39. The van der Waals surface area contributed by atoms with Gasteiger partial charge in [-0.25, -0.2) is 0 Å². The summed E-state index contributed by atoms with van der Waals surface area (Å²) in [4.78, 5) is 2.51. The minimum atomic E-state index is 0.779. The molecular weight excluding hydrogens is 160 g/mol. The molecule has 0 spiro atoms. The molecule has 2 rings (SSSR count). The van der Waals surface area contributed by atoms with E-state index in [1.165, 1.54) is 45.3 Å². The molecule has 0 saturated carbocycles. The van der Waals surface area contributed by atoms with E-state index in [4.69, 9.17) is 0 Å². The zero-order valence-electron chi connectivity index (χ0n) is 8.55. The average Bonchev–Trinajstić information content (AvgIpc) is 2.74. The summed E-state index contributed by atoms with van der Waals surface area (Å²) in [6.45, 7) is 3.59. The quantitative estimate of drug-likeness (QED) is 0.660. The third-order valence-corrected chi connectivity index (χ3v) is 3.25. The van der Waals surface area contributed by atoms with Crippen LogP contribution in [0.2, 0.25) is 0 Å². The van der Waals surface area contributed by atoms with Crippen molar-refractivity contribution in [3.8, 4) is 0 Å². The van der Waals surface area contributed by atoms with Crippen LogP contribution in [0, 0.1) is 0 Å². The van der Waals surface area contributed by atoms with Crippen molar-refractivity contribution >= 4 is 0 Å². The monoisotopic (exact) mass is 180 g/mol. The predicted molar refractivity (Wildman–Crippen MR) is 55.8 cm³/mol. The van der Waals surface area contributed by atoms with Crippen LogP contribution >= 0.6 is 0 Å². The molecule has 2 nitrogen and oxygen atoms in total. The minimum absolute atomic E-state index is 0.779. The maximum absolute atomic E-state index is 3.42. The summed E-state index contributed by atoms with van der Waals surface area (Å²) in [5, 5.41) is 3.42. The topological polar surface area (TPSA) is 15.3 Å². The summed E-state index contributed by atoms with van der Waals surface area (Å²) in [6.07, 6.45) is 7.78. The molecule has 0 amide bonds. The van der Waals surface area contributed by atoms with Crippen molar-refractivity contribution in [3.63, 3.8) is 0 Å².